The molecule has 3 fully saturated rings. The second kappa shape index (κ2) is 12.9. The number of carbonyl (C=O) groups excluding carboxylic acids is 3. The van der Waals surface area contributed by atoms with Gasteiger partial charge in [-0.2, -0.15) is 0 Å². The summed E-state index contributed by atoms with van der Waals surface area (Å²) in [5, 5.41) is 11.6. The van der Waals surface area contributed by atoms with Crippen molar-refractivity contribution in [3.8, 4) is 0 Å². The van der Waals surface area contributed by atoms with Crippen molar-refractivity contribution >= 4 is 34.2 Å². The van der Waals surface area contributed by atoms with Crippen LogP contribution in [-0.4, -0.2) is 76.1 Å². The van der Waals surface area contributed by atoms with Crippen LogP contribution in [0.25, 0.3) is 10.8 Å². The molecule has 0 radical (unpaired) electrons. The van der Waals surface area contributed by atoms with E-state index in [0.717, 1.165) is 16.3 Å². The average Bonchev–Trinajstić information content (AvgIpc) is 3.63. The summed E-state index contributed by atoms with van der Waals surface area (Å²) in [5.41, 5.74) is -0.355. The van der Waals surface area contributed by atoms with Crippen LogP contribution in [0, 0.1) is 11.8 Å². The van der Waals surface area contributed by atoms with Gasteiger partial charge in [0, 0.05) is 38.5 Å². The van der Waals surface area contributed by atoms with E-state index < -0.39 is 29.1 Å². The minimum atomic E-state index is -1.15. The lowest BCUT2D eigenvalue weighted by Crippen LogP contribution is -2.56. The van der Waals surface area contributed by atoms with Gasteiger partial charge < -0.3 is 24.5 Å². The highest BCUT2D eigenvalue weighted by Crippen LogP contribution is 2.63. The molecule has 1 N–H and O–H groups in total. The van der Waals surface area contributed by atoms with E-state index in [-0.39, 0.29) is 37.4 Å². The van der Waals surface area contributed by atoms with Crippen molar-refractivity contribution < 1.29 is 24.2 Å². The molecule has 3 saturated heterocycles. The zero-order valence-electron chi connectivity index (χ0n) is 26.5. The monoisotopic (exact) mass is 621 g/mol. The number of hydrogen-bond donors (Lipinski definition) is 1. The van der Waals surface area contributed by atoms with E-state index in [9.17, 15) is 19.5 Å². The number of amides is 3. The van der Waals surface area contributed by atoms with Gasteiger partial charge in [-0.05, 0) is 61.1 Å². The fourth-order valence-corrected chi connectivity index (χ4v) is 8.05. The van der Waals surface area contributed by atoms with E-state index in [4.69, 9.17) is 4.74 Å². The lowest BCUT2D eigenvalue weighted by Gasteiger charge is -2.37. The summed E-state index contributed by atoms with van der Waals surface area (Å²) in [7, 11) is 0. The molecular weight excluding hydrogens is 578 g/mol. The standard InChI is InChI=1S/C38H43N3O5/c1-4-21-39(26-27-13-7-6-8-14-27)34(43)31-32-35(44)41(23-11-12-24-42)33(38(32)20-19-37(31,3)46-38)36(45)40(22-5-2)30-18-17-28-15-9-10-16-29(28)25-30/h4-10,13-18,25,31-33,42H,1-2,11-12,19-24,26H2,3H3/t31-,32-,33?,37+,38?/m0/s1. The minimum Gasteiger partial charge on any atom is -0.396 e. The second-order valence-corrected chi connectivity index (χ2v) is 13.0. The fraction of sp³-hybridized carbons (Fsp3) is 0.395. The molecule has 0 saturated carbocycles. The number of ether oxygens (including phenoxy) is 1. The van der Waals surface area contributed by atoms with E-state index in [1.165, 1.54) is 0 Å². The molecule has 8 nitrogen and oxygen atoms in total. The Bertz CT molecular complexity index is 1640. The third kappa shape index (κ3) is 5.33. The van der Waals surface area contributed by atoms with Gasteiger partial charge in [-0.15, -0.1) is 13.2 Å². The van der Waals surface area contributed by atoms with Crippen LogP contribution in [0.5, 0.6) is 0 Å². The number of unbranched alkanes of at least 4 members (excludes halogenated alkanes) is 1. The third-order valence-electron chi connectivity index (χ3n) is 10.1. The number of nitrogens with zero attached hydrogens (tertiary/aromatic N) is 3. The van der Waals surface area contributed by atoms with Crippen molar-refractivity contribution in [3.63, 3.8) is 0 Å². The van der Waals surface area contributed by atoms with Gasteiger partial charge >= 0.3 is 0 Å². The van der Waals surface area contributed by atoms with Crippen molar-refractivity contribution in [2.75, 3.05) is 31.1 Å². The first-order valence-corrected chi connectivity index (χ1v) is 16.2. The molecule has 2 bridgehead atoms. The predicted octanol–water partition coefficient (Wildman–Crippen LogP) is 5.11. The number of likely N-dealkylation sites (tertiary alicyclic amines) is 1. The summed E-state index contributed by atoms with van der Waals surface area (Å²) in [6.45, 7) is 11.0. The quantitative estimate of drug-likeness (QED) is 0.212. The number of carbonyl (C=O) groups is 3. The Morgan fingerprint density at radius 1 is 0.957 bits per heavy atom. The first-order valence-electron chi connectivity index (χ1n) is 16.2. The van der Waals surface area contributed by atoms with Crippen molar-refractivity contribution in [1.82, 2.24) is 9.80 Å². The zero-order valence-corrected chi connectivity index (χ0v) is 26.5. The molecule has 3 aliphatic rings. The third-order valence-corrected chi connectivity index (χ3v) is 10.1. The van der Waals surface area contributed by atoms with Gasteiger partial charge in [0.05, 0.1) is 17.4 Å². The largest absolute Gasteiger partial charge is 0.396 e. The van der Waals surface area contributed by atoms with Crippen LogP contribution in [0.4, 0.5) is 5.69 Å². The topological polar surface area (TPSA) is 90.4 Å². The van der Waals surface area contributed by atoms with Crippen molar-refractivity contribution in [1.29, 1.82) is 0 Å². The molecule has 0 aromatic heterocycles. The number of benzene rings is 3. The first-order chi connectivity index (χ1) is 22.3. The number of fused-ring (bicyclic) bond motifs is 2. The highest BCUT2D eigenvalue weighted by Gasteiger charge is 2.78. The van der Waals surface area contributed by atoms with E-state index in [2.05, 4.69) is 13.2 Å². The Morgan fingerprint density at radius 2 is 1.67 bits per heavy atom. The number of aliphatic hydroxyl groups is 1. The first kappa shape index (κ1) is 31.7. The summed E-state index contributed by atoms with van der Waals surface area (Å²) in [4.78, 5) is 49.1. The molecule has 0 aliphatic carbocycles. The Labute approximate surface area is 270 Å². The van der Waals surface area contributed by atoms with Crippen LogP contribution >= 0.6 is 0 Å². The maximum Gasteiger partial charge on any atom is 0.253 e. The van der Waals surface area contributed by atoms with Crippen LogP contribution in [-0.2, 0) is 25.7 Å². The second-order valence-electron chi connectivity index (χ2n) is 13.0. The van der Waals surface area contributed by atoms with Gasteiger partial charge in [-0.3, -0.25) is 14.4 Å². The molecule has 3 aromatic carbocycles. The molecular formula is C38H43N3O5. The predicted molar refractivity (Wildman–Crippen MR) is 179 cm³/mol. The normalized spacial score (nSPS) is 26.3. The highest BCUT2D eigenvalue weighted by molar-refractivity contribution is 6.06. The lowest BCUT2D eigenvalue weighted by atomic mass is 9.66. The van der Waals surface area contributed by atoms with Gasteiger partial charge in [0.15, 0.2) is 0 Å². The lowest BCUT2D eigenvalue weighted by molar-refractivity contribution is -0.150. The van der Waals surface area contributed by atoms with Gasteiger partial charge in [0.2, 0.25) is 11.8 Å². The molecule has 3 amide bonds. The maximum atomic E-state index is 14.9. The number of anilines is 1. The molecule has 8 heteroatoms. The molecule has 5 atom stereocenters. The van der Waals surface area contributed by atoms with Crippen LogP contribution < -0.4 is 4.90 Å². The van der Waals surface area contributed by atoms with Crippen molar-refractivity contribution in [2.45, 2.75) is 56.4 Å². The minimum absolute atomic E-state index is 0.0133. The molecule has 3 aliphatic heterocycles. The molecule has 46 heavy (non-hydrogen) atoms. The number of rotatable bonds is 13. The fourth-order valence-electron chi connectivity index (χ4n) is 8.05. The highest BCUT2D eigenvalue weighted by atomic mass is 16.5. The van der Waals surface area contributed by atoms with E-state index >= 15 is 0 Å². The van der Waals surface area contributed by atoms with E-state index in [1.54, 1.807) is 26.9 Å². The van der Waals surface area contributed by atoms with Gasteiger partial charge in [-0.25, -0.2) is 0 Å². The molecule has 240 valence electrons. The van der Waals surface area contributed by atoms with Gasteiger partial charge in [0.1, 0.15) is 11.6 Å². The van der Waals surface area contributed by atoms with Crippen LogP contribution in [0.1, 0.15) is 38.2 Å². The van der Waals surface area contributed by atoms with Gasteiger partial charge in [-0.1, -0.05) is 72.8 Å². The zero-order chi connectivity index (χ0) is 32.5. The molecule has 6 rings (SSSR count). The summed E-state index contributed by atoms with van der Waals surface area (Å²) in [6.07, 6.45) is 5.47. The van der Waals surface area contributed by atoms with Crippen LogP contribution in [0.3, 0.4) is 0 Å². The Balaban J connectivity index is 1.39. The molecule has 1 spiro atoms. The van der Waals surface area contributed by atoms with Crippen molar-refractivity contribution in [2.24, 2.45) is 11.8 Å². The van der Waals surface area contributed by atoms with E-state index in [0.29, 0.717) is 44.5 Å². The summed E-state index contributed by atoms with van der Waals surface area (Å²) in [6, 6.07) is 22.7. The van der Waals surface area contributed by atoms with E-state index in [1.807, 2.05) is 79.7 Å². The maximum absolute atomic E-state index is 14.9. The van der Waals surface area contributed by atoms with Crippen LogP contribution in [0.15, 0.2) is 98.1 Å². The van der Waals surface area contributed by atoms with Crippen molar-refractivity contribution in [3.05, 3.63) is 104 Å². The summed E-state index contributed by atoms with van der Waals surface area (Å²) in [5.74, 6) is -2.18. The molecule has 3 heterocycles. The van der Waals surface area contributed by atoms with Crippen LogP contribution in [0.2, 0.25) is 0 Å². The SMILES string of the molecule is C=CCN(Cc1ccccc1)C(=O)[C@@H]1[C@H]2C(=O)N(CCCCO)C(C(=O)N(CC=C)c3ccc4ccccc4c3)C23CC[C@@]1(C)O3. The molecule has 2 unspecified atom stereocenters. The molecule has 3 aromatic rings. The summed E-state index contributed by atoms with van der Waals surface area (Å²) >= 11 is 0. The smallest absolute Gasteiger partial charge is 0.253 e. The number of aliphatic hydroxyl groups excluding tert-OH is 1. The summed E-state index contributed by atoms with van der Waals surface area (Å²) < 4.78 is 6.90. The average molecular weight is 622 g/mol. The number of hydrogen-bond acceptors (Lipinski definition) is 5. The Morgan fingerprint density at radius 3 is 2.39 bits per heavy atom. The van der Waals surface area contributed by atoms with Gasteiger partial charge in [0.25, 0.3) is 5.91 Å². The Kier molecular flexibility index (Phi) is 8.86. The Hall–Kier alpha value is -4.27.